The van der Waals surface area contributed by atoms with Gasteiger partial charge < -0.3 is 5.32 Å². The van der Waals surface area contributed by atoms with E-state index >= 15 is 0 Å². The zero-order valence-electron chi connectivity index (χ0n) is 13.0. The summed E-state index contributed by atoms with van der Waals surface area (Å²) >= 11 is 0. The summed E-state index contributed by atoms with van der Waals surface area (Å²) in [7, 11) is 0. The third kappa shape index (κ3) is 2.79. The van der Waals surface area contributed by atoms with Crippen molar-refractivity contribution in [3.63, 3.8) is 0 Å². The number of aryl methyl sites for hydroxylation is 2. The maximum Gasteiger partial charge on any atom is 0.226 e. The second kappa shape index (κ2) is 6.25. The van der Waals surface area contributed by atoms with Crippen LogP contribution in [0.5, 0.6) is 0 Å². The zero-order valence-corrected chi connectivity index (χ0v) is 13.0. The number of allylic oxidation sites excluding steroid dienone is 2. The van der Waals surface area contributed by atoms with Crippen LogP contribution in [-0.2, 0) is 11.3 Å². The summed E-state index contributed by atoms with van der Waals surface area (Å²) in [5.74, 6) is 1.21. The van der Waals surface area contributed by atoms with Crippen LogP contribution in [0.25, 0.3) is 0 Å². The second-order valence-corrected chi connectivity index (χ2v) is 5.59. The van der Waals surface area contributed by atoms with Crippen molar-refractivity contribution in [2.45, 2.75) is 65.8 Å². The van der Waals surface area contributed by atoms with Crippen molar-refractivity contribution in [3.8, 4) is 0 Å². The van der Waals surface area contributed by atoms with Crippen molar-refractivity contribution in [2.75, 3.05) is 5.32 Å². The number of carbonyl (C=O) groups is 1. The van der Waals surface area contributed by atoms with Gasteiger partial charge in [-0.2, -0.15) is 5.10 Å². The van der Waals surface area contributed by atoms with Gasteiger partial charge in [0, 0.05) is 24.4 Å². The van der Waals surface area contributed by atoms with Gasteiger partial charge in [-0.1, -0.05) is 31.9 Å². The van der Waals surface area contributed by atoms with Crippen LogP contribution in [-0.4, -0.2) is 15.7 Å². The highest BCUT2D eigenvalue weighted by atomic mass is 16.1. The molecule has 2 rings (SSSR count). The van der Waals surface area contributed by atoms with Gasteiger partial charge in [0.15, 0.2) is 0 Å². The number of unbranched alkanes of at least 4 members (excludes halogenated alkanes) is 1. The first-order valence-electron chi connectivity index (χ1n) is 7.62. The van der Waals surface area contributed by atoms with Crippen LogP contribution in [0.1, 0.15) is 63.6 Å². The third-order valence-corrected chi connectivity index (χ3v) is 3.97. The molecule has 1 atom stereocenters. The van der Waals surface area contributed by atoms with Crippen LogP contribution < -0.4 is 5.32 Å². The Kier molecular flexibility index (Phi) is 4.63. The van der Waals surface area contributed by atoms with Gasteiger partial charge >= 0.3 is 0 Å². The molecule has 0 aliphatic carbocycles. The summed E-state index contributed by atoms with van der Waals surface area (Å²) in [6, 6.07) is 0. The molecule has 1 unspecified atom stereocenters. The van der Waals surface area contributed by atoms with Crippen molar-refractivity contribution in [1.82, 2.24) is 9.78 Å². The van der Waals surface area contributed by atoms with E-state index in [2.05, 4.69) is 37.3 Å². The Morgan fingerprint density at radius 2 is 2.25 bits per heavy atom. The van der Waals surface area contributed by atoms with Gasteiger partial charge in [0.1, 0.15) is 5.82 Å². The predicted molar refractivity (Wildman–Crippen MR) is 81.9 cm³/mol. The molecule has 1 N–H and O–H groups in total. The smallest absolute Gasteiger partial charge is 0.226 e. The summed E-state index contributed by atoms with van der Waals surface area (Å²) < 4.78 is 1.97. The maximum absolute atomic E-state index is 12.0. The van der Waals surface area contributed by atoms with Gasteiger partial charge in [0.25, 0.3) is 0 Å². The van der Waals surface area contributed by atoms with Crippen LogP contribution in [0.4, 0.5) is 5.82 Å². The summed E-state index contributed by atoms with van der Waals surface area (Å²) in [6.45, 7) is 9.34. The van der Waals surface area contributed by atoms with E-state index < -0.39 is 0 Å². The molecule has 0 radical (unpaired) electrons. The molecule has 2 heterocycles. The highest BCUT2D eigenvalue weighted by molar-refractivity contribution is 5.94. The lowest BCUT2D eigenvalue weighted by Crippen LogP contribution is -2.25. The molecule has 1 aromatic heterocycles. The second-order valence-electron chi connectivity index (χ2n) is 5.59. The molecular formula is C16H25N3O. The van der Waals surface area contributed by atoms with Crippen LogP contribution in [0.2, 0.25) is 0 Å². The highest BCUT2D eigenvalue weighted by Crippen LogP contribution is 2.39. The Morgan fingerprint density at radius 1 is 1.50 bits per heavy atom. The Morgan fingerprint density at radius 3 is 2.90 bits per heavy atom. The lowest BCUT2D eigenvalue weighted by molar-refractivity contribution is -0.116. The molecule has 0 bridgehead atoms. The number of hydrogen-bond acceptors (Lipinski definition) is 2. The van der Waals surface area contributed by atoms with Crippen LogP contribution in [0.15, 0.2) is 11.6 Å². The van der Waals surface area contributed by atoms with Gasteiger partial charge in [-0.25, -0.2) is 4.68 Å². The SMILES string of the molecule is CC/C=C(\C)C1CC(=O)Nc2c1c(C)nn2CCCC. The molecule has 1 amide bonds. The minimum Gasteiger partial charge on any atom is -0.311 e. The van der Waals surface area contributed by atoms with Gasteiger partial charge in [-0.15, -0.1) is 0 Å². The van der Waals surface area contributed by atoms with E-state index in [9.17, 15) is 4.79 Å². The lowest BCUT2D eigenvalue weighted by Gasteiger charge is -2.25. The zero-order chi connectivity index (χ0) is 14.7. The molecule has 4 heteroatoms. The number of rotatable bonds is 5. The minimum atomic E-state index is 0.101. The van der Waals surface area contributed by atoms with E-state index in [-0.39, 0.29) is 11.8 Å². The molecule has 20 heavy (non-hydrogen) atoms. The molecule has 0 saturated carbocycles. The quantitative estimate of drug-likeness (QED) is 0.831. The minimum absolute atomic E-state index is 0.101. The van der Waals surface area contributed by atoms with Crippen molar-refractivity contribution in [1.29, 1.82) is 0 Å². The van der Waals surface area contributed by atoms with Gasteiger partial charge in [0.05, 0.1) is 5.69 Å². The summed E-state index contributed by atoms with van der Waals surface area (Å²) in [6.07, 6.45) is 5.96. The number of fused-ring (bicyclic) bond motifs is 1. The summed E-state index contributed by atoms with van der Waals surface area (Å²) in [5.41, 5.74) is 3.54. The highest BCUT2D eigenvalue weighted by Gasteiger charge is 2.31. The van der Waals surface area contributed by atoms with Crippen molar-refractivity contribution < 1.29 is 4.79 Å². The van der Waals surface area contributed by atoms with E-state index in [1.807, 2.05) is 11.6 Å². The van der Waals surface area contributed by atoms with E-state index in [1.165, 1.54) is 11.1 Å². The van der Waals surface area contributed by atoms with Crippen LogP contribution in [0.3, 0.4) is 0 Å². The maximum atomic E-state index is 12.0. The number of nitrogens with one attached hydrogen (secondary N) is 1. The fourth-order valence-corrected chi connectivity index (χ4v) is 2.94. The fraction of sp³-hybridized carbons (Fsp3) is 0.625. The van der Waals surface area contributed by atoms with Gasteiger partial charge in [0.2, 0.25) is 5.91 Å². The molecule has 1 aliphatic heterocycles. The predicted octanol–water partition coefficient (Wildman–Crippen LogP) is 3.77. The normalized spacial score (nSPS) is 18.9. The Balaban J connectivity index is 2.42. The Hall–Kier alpha value is -1.58. The Bertz CT molecular complexity index is 528. The van der Waals surface area contributed by atoms with Crippen LogP contribution >= 0.6 is 0 Å². The monoisotopic (exact) mass is 275 g/mol. The molecule has 4 nitrogen and oxygen atoms in total. The number of carbonyl (C=O) groups excluding carboxylic acids is 1. The summed E-state index contributed by atoms with van der Waals surface area (Å²) in [5, 5.41) is 7.65. The van der Waals surface area contributed by atoms with Crippen molar-refractivity contribution in [2.24, 2.45) is 0 Å². The molecule has 1 aromatic rings. The molecule has 0 aromatic carbocycles. The lowest BCUT2D eigenvalue weighted by atomic mass is 9.86. The van der Waals surface area contributed by atoms with Crippen LogP contribution in [0, 0.1) is 6.92 Å². The molecule has 0 saturated heterocycles. The fourth-order valence-electron chi connectivity index (χ4n) is 2.94. The summed E-state index contributed by atoms with van der Waals surface area (Å²) in [4.78, 5) is 12.0. The van der Waals surface area contributed by atoms with Gasteiger partial charge in [-0.05, 0) is 26.7 Å². The number of amides is 1. The van der Waals surface area contributed by atoms with E-state index in [4.69, 9.17) is 0 Å². The largest absolute Gasteiger partial charge is 0.311 e. The molecule has 110 valence electrons. The first kappa shape index (κ1) is 14.8. The van der Waals surface area contributed by atoms with E-state index in [1.54, 1.807) is 0 Å². The number of nitrogens with zero attached hydrogens (tertiary/aromatic N) is 2. The van der Waals surface area contributed by atoms with Gasteiger partial charge in [-0.3, -0.25) is 4.79 Å². The first-order chi connectivity index (χ1) is 9.58. The molecular weight excluding hydrogens is 250 g/mol. The van der Waals surface area contributed by atoms with E-state index in [0.717, 1.165) is 37.3 Å². The standard InChI is InChI=1S/C16H25N3O/c1-5-7-9-19-16-15(12(4)18-19)13(10-14(20)17-16)11(3)8-6-2/h8,13H,5-7,9-10H2,1-4H3,(H,17,20)/b11-8+. The molecule has 0 fully saturated rings. The molecule has 0 spiro atoms. The number of aromatic nitrogens is 2. The number of anilines is 1. The van der Waals surface area contributed by atoms with Crippen molar-refractivity contribution >= 4 is 11.7 Å². The topological polar surface area (TPSA) is 46.9 Å². The van der Waals surface area contributed by atoms with Crippen molar-refractivity contribution in [3.05, 3.63) is 22.9 Å². The average Bonchev–Trinajstić information content (AvgIpc) is 2.72. The third-order valence-electron chi connectivity index (χ3n) is 3.97. The molecule has 1 aliphatic rings. The first-order valence-corrected chi connectivity index (χ1v) is 7.62. The average molecular weight is 275 g/mol. The Labute approximate surface area is 121 Å². The number of hydrogen-bond donors (Lipinski definition) is 1. The van der Waals surface area contributed by atoms with E-state index in [0.29, 0.717) is 6.42 Å².